The molecule has 0 saturated heterocycles. The van der Waals surface area contributed by atoms with Gasteiger partial charge in [0.25, 0.3) is 5.89 Å². The zero-order valence-electron chi connectivity index (χ0n) is 10.7. The van der Waals surface area contributed by atoms with Crippen molar-refractivity contribution in [2.45, 2.75) is 24.3 Å². The predicted octanol–water partition coefficient (Wildman–Crippen LogP) is 3.36. The molecule has 0 bridgehead atoms. The number of rotatable bonds is 6. The van der Waals surface area contributed by atoms with Crippen LogP contribution in [-0.4, -0.2) is 21.9 Å². The predicted molar refractivity (Wildman–Crippen MR) is 79.2 cm³/mol. The molecule has 4 nitrogen and oxygen atoms in total. The number of hydrogen-bond acceptors (Lipinski definition) is 5. The molecular weight excluding hydrogens is 282 g/mol. The molecule has 1 aromatic carbocycles. The quantitative estimate of drug-likeness (QED) is 0.885. The minimum absolute atomic E-state index is 0.465. The van der Waals surface area contributed by atoms with E-state index in [0.29, 0.717) is 28.5 Å². The Balaban J connectivity index is 2.02. The minimum Gasteiger partial charge on any atom is -0.334 e. The molecule has 1 heterocycles. The Bertz CT molecular complexity index is 532. The molecule has 0 fully saturated rings. The first-order valence-electron chi connectivity index (χ1n) is 6.10. The van der Waals surface area contributed by atoms with Crippen LogP contribution in [0.5, 0.6) is 0 Å². The standard InChI is InChI=1S/C13H16ClN3OS/c1-9(6-7-15)19-8-12-16-13(18-17-12)10-4-2-3-5-11(10)14/h2-5,9H,6-8,15H2,1H3. The number of benzene rings is 1. The Morgan fingerprint density at radius 3 is 2.95 bits per heavy atom. The summed E-state index contributed by atoms with van der Waals surface area (Å²) >= 11 is 7.86. The highest BCUT2D eigenvalue weighted by Crippen LogP contribution is 2.27. The fraction of sp³-hybridized carbons (Fsp3) is 0.385. The van der Waals surface area contributed by atoms with Crippen molar-refractivity contribution >= 4 is 23.4 Å². The van der Waals surface area contributed by atoms with E-state index in [2.05, 4.69) is 17.1 Å². The fourth-order valence-corrected chi connectivity index (χ4v) is 2.66. The molecule has 0 radical (unpaired) electrons. The lowest BCUT2D eigenvalue weighted by atomic mass is 10.2. The first kappa shape index (κ1) is 14.4. The Morgan fingerprint density at radius 1 is 1.42 bits per heavy atom. The minimum atomic E-state index is 0.465. The number of halogens is 1. The van der Waals surface area contributed by atoms with Gasteiger partial charge >= 0.3 is 0 Å². The molecule has 2 rings (SSSR count). The number of nitrogens with zero attached hydrogens (tertiary/aromatic N) is 2. The second-order valence-electron chi connectivity index (χ2n) is 4.19. The average Bonchev–Trinajstić information content (AvgIpc) is 2.86. The lowest BCUT2D eigenvalue weighted by Gasteiger charge is -2.06. The molecule has 1 unspecified atom stereocenters. The largest absolute Gasteiger partial charge is 0.334 e. The van der Waals surface area contributed by atoms with Crippen molar-refractivity contribution in [3.8, 4) is 11.5 Å². The average molecular weight is 298 g/mol. The number of thioether (sulfide) groups is 1. The van der Waals surface area contributed by atoms with E-state index in [1.54, 1.807) is 17.8 Å². The zero-order chi connectivity index (χ0) is 13.7. The van der Waals surface area contributed by atoms with Gasteiger partial charge in [0.05, 0.1) is 16.3 Å². The van der Waals surface area contributed by atoms with E-state index in [4.69, 9.17) is 21.9 Å². The first-order valence-corrected chi connectivity index (χ1v) is 7.52. The second kappa shape index (κ2) is 6.93. The second-order valence-corrected chi connectivity index (χ2v) is 6.03. The van der Waals surface area contributed by atoms with Gasteiger partial charge in [0.1, 0.15) is 0 Å². The maximum absolute atomic E-state index is 6.09. The van der Waals surface area contributed by atoms with Gasteiger partial charge in [-0.15, -0.1) is 0 Å². The molecule has 1 atom stereocenters. The molecule has 6 heteroatoms. The molecule has 0 aliphatic rings. The van der Waals surface area contributed by atoms with E-state index in [0.717, 1.165) is 17.7 Å². The number of aromatic nitrogens is 2. The van der Waals surface area contributed by atoms with Gasteiger partial charge in [0.2, 0.25) is 0 Å². The van der Waals surface area contributed by atoms with Crippen LogP contribution in [0.3, 0.4) is 0 Å². The van der Waals surface area contributed by atoms with Crippen molar-refractivity contribution in [2.75, 3.05) is 6.54 Å². The van der Waals surface area contributed by atoms with Crippen LogP contribution >= 0.6 is 23.4 Å². The van der Waals surface area contributed by atoms with Crippen LogP contribution in [0.25, 0.3) is 11.5 Å². The third-order valence-corrected chi connectivity index (χ3v) is 4.20. The zero-order valence-corrected chi connectivity index (χ0v) is 12.2. The maximum atomic E-state index is 6.09. The maximum Gasteiger partial charge on any atom is 0.259 e. The molecule has 1 aromatic heterocycles. The number of nitrogens with two attached hydrogens (primary N) is 1. The summed E-state index contributed by atoms with van der Waals surface area (Å²) in [7, 11) is 0. The van der Waals surface area contributed by atoms with Crippen LogP contribution in [0, 0.1) is 0 Å². The molecule has 0 aliphatic carbocycles. The van der Waals surface area contributed by atoms with Gasteiger partial charge in [-0.3, -0.25) is 0 Å². The van der Waals surface area contributed by atoms with E-state index < -0.39 is 0 Å². The van der Waals surface area contributed by atoms with Crippen LogP contribution < -0.4 is 5.73 Å². The Hall–Kier alpha value is -1.04. The Kier molecular flexibility index (Phi) is 5.24. The van der Waals surface area contributed by atoms with Gasteiger partial charge < -0.3 is 10.3 Å². The van der Waals surface area contributed by atoms with Gasteiger partial charge in [-0.2, -0.15) is 16.7 Å². The van der Waals surface area contributed by atoms with Crippen LogP contribution in [0.4, 0.5) is 0 Å². The summed E-state index contributed by atoms with van der Waals surface area (Å²) < 4.78 is 5.24. The molecule has 0 spiro atoms. The van der Waals surface area contributed by atoms with E-state index in [1.165, 1.54) is 0 Å². The first-order chi connectivity index (χ1) is 9.20. The highest BCUT2D eigenvalue weighted by atomic mass is 35.5. The van der Waals surface area contributed by atoms with Crippen LogP contribution in [0.2, 0.25) is 5.02 Å². The summed E-state index contributed by atoms with van der Waals surface area (Å²) in [6, 6.07) is 7.43. The van der Waals surface area contributed by atoms with Gasteiger partial charge in [0, 0.05) is 5.25 Å². The third kappa shape index (κ3) is 3.96. The summed E-state index contributed by atoms with van der Waals surface area (Å²) in [5.41, 5.74) is 6.28. The fourth-order valence-electron chi connectivity index (χ4n) is 1.59. The molecule has 0 amide bonds. The van der Waals surface area contributed by atoms with Gasteiger partial charge in [-0.1, -0.05) is 35.8 Å². The molecule has 2 N–H and O–H groups in total. The van der Waals surface area contributed by atoms with Crippen molar-refractivity contribution in [3.63, 3.8) is 0 Å². The van der Waals surface area contributed by atoms with Crippen molar-refractivity contribution in [2.24, 2.45) is 5.73 Å². The smallest absolute Gasteiger partial charge is 0.259 e. The lowest BCUT2D eigenvalue weighted by Crippen LogP contribution is -2.07. The summed E-state index contributed by atoms with van der Waals surface area (Å²) in [5.74, 6) is 1.87. The topological polar surface area (TPSA) is 64.9 Å². The van der Waals surface area contributed by atoms with Crippen molar-refractivity contribution in [1.82, 2.24) is 10.1 Å². The van der Waals surface area contributed by atoms with Crippen LogP contribution in [-0.2, 0) is 5.75 Å². The lowest BCUT2D eigenvalue weighted by molar-refractivity contribution is 0.425. The van der Waals surface area contributed by atoms with E-state index in [9.17, 15) is 0 Å². The number of hydrogen-bond donors (Lipinski definition) is 1. The summed E-state index contributed by atoms with van der Waals surface area (Å²) in [5, 5.41) is 5.07. The molecular formula is C13H16ClN3OS. The highest BCUT2D eigenvalue weighted by molar-refractivity contribution is 7.99. The van der Waals surface area contributed by atoms with Gasteiger partial charge in [0.15, 0.2) is 5.82 Å². The Labute approximate surface area is 121 Å². The van der Waals surface area contributed by atoms with E-state index in [1.807, 2.05) is 18.2 Å². The summed E-state index contributed by atoms with van der Waals surface area (Å²) in [6.07, 6.45) is 0.986. The SMILES string of the molecule is CC(CCN)SCc1noc(-c2ccccc2Cl)n1. The van der Waals surface area contributed by atoms with E-state index >= 15 is 0 Å². The molecule has 0 saturated carbocycles. The van der Waals surface area contributed by atoms with Crippen molar-refractivity contribution in [3.05, 3.63) is 35.1 Å². The van der Waals surface area contributed by atoms with Crippen molar-refractivity contribution < 1.29 is 4.52 Å². The van der Waals surface area contributed by atoms with Crippen LogP contribution in [0.1, 0.15) is 19.2 Å². The monoisotopic (exact) mass is 297 g/mol. The molecule has 102 valence electrons. The summed E-state index contributed by atoms with van der Waals surface area (Å²) in [4.78, 5) is 4.36. The molecule has 0 aliphatic heterocycles. The summed E-state index contributed by atoms with van der Waals surface area (Å²) in [6.45, 7) is 2.85. The Morgan fingerprint density at radius 2 is 2.21 bits per heavy atom. The molecule has 19 heavy (non-hydrogen) atoms. The molecule has 2 aromatic rings. The van der Waals surface area contributed by atoms with Crippen LogP contribution in [0.15, 0.2) is 28.8 Å². The van der Waals surface area contributed by atoms with Crippen molar-refractivity contribution in [1.29, 1.82) is 0 Å². The normalized spacial score (nSPS) is 12.6. The van der Waals surface area contributed by atoms with E-state index in [-0.39, 0.29) is 0 Å². The third-order valence-electron chi connectivity index (χ3n) is 2.64. The highest BCUT2D eigenvalue weighted by Gasteiger charge is 2.12. The van der Waals surface area contributed by atoms with Gasteiger partial charge in [-0.05, 0) is 25.1 Å². The van der Waals surface area contributed by atoms with Gasteiger partial charge in [-0.25, -0.2) is 0 Å².